The second kappa shape index (κ2) is 7.71. The molecule has 6 nitrogen and oxygen atoms in total. The lowest BCUT2D eigenvalue weighted by molar-refractivity contribution is 0.0791. The number of allylic oxidation sites excluding steroid dienone is 1. The summed E-state index contributed by atoms with van der Waals surface area (Å²) in [5, 5.41) is 0.356. The Bertz CT molecular complexity index is 1450. The fourth-order valence-corrected chi connectivity index (χ4v) is 4.39. The van der Waals surface area contributed by atoms with Crippen molar-refractivity contribution in [2.45, 2.75) is 19.4 Å². The second-order valence-corrected chi connectivity index (χ2v) is 8.01. The molecule has 2 heterocycles. The van der Waals surface area contributed by atoms with Crippen molar-refractivity contribution < 1.29 is 13.6 Å². The Morgan fingerprint density at radius 2 is 1.88 bits per heavy atom. The maximum atomic E-state index is 14.6. The molecule has 0 unspecified atom stereocenters. The summed E-state index contributed by atoms with van der Waals surface area (Å²) in [6, 6.07) is 10.8. The van der Waals surface area contributed by atoms with Crippen LogP contribution < -0.4 is 11.2 Å². The van der Waals surface area contributed by atoms with Gasteiger partial charge in [-0.05, 0) is 54.3 Å². The number of amides is 1. The smallest absolute Gasteiger partial charge is 0.329 e. The fraction of sp³-hybridized carbons (Fsp3) is 0.208. The highest BCUT2D eigenvalue weighted by Gasteiger charge is 2.31. The van der Waals surface area contributed by atoms with Gasteiger partial charge in [-0.1, -0.05) is 18.2 Å². The number of hydrogen-bond donors (Lipinski definition) is 1. The molecule has 0 saturated carbocycles. The van der Waals surface area contributed by atoms with Crippen LogP contribution >= 0.6 is 0 Å². The van der Waals surface area contributed by atoms with Gasteiger partial charge in [-0.2, -0.15) is 0 Å². The van der Waals surface area contributed by atoms with E-state index in [1.54, 1.807) is 24.3 Å². The molecule has 162 valence electrons. The number of aromatic nitrogens is 2. The minimum Gasteiger partial charge on any atom is -0.330 e. The first kappa shape index (κ1) is 20.1. The Labute approximate surface area is 181 Å². The average molecular weight is 435 g/mol. The molecule has 1 aliphatic carbocycles. The van der Waals surface area contributed by atoms with E-state index in [-0.39, 0.29) is 31.0 Å². The van der Waals surface area contributed by atoms with Gasteiger partial charge < -0.3 is 4.90 Å². The van der Waals surface area contributed by atoms with Gasteiger partial charge in [-0.3, -0.25) is 19.1 Å². The Morgan fingerprint density at radius 1 is 1.06 bits per heavy atom. The summed E-state index contributed by atoms with van der Waals surface area (Å²) in [6.07, 6.45) is 2.80. The topological polar surface area (TPSA) is 75.2 Å². The van der Waals surface area contributed by atoms with Crippen LogP contribution in [0.1, 0.15) is 28.8 Å². The van der Waals surface area contributed by atoms with Gasteiger partial charge in [0.2, 0.25) is 0 Å². The number of nitrogens with zero attached hydrogens (tertiary/aromatic N) is 2. The Morgan fingerprint density at radius 3 is 2.69 bits per heavy atom. The monoisotopic (exact) mass is 435 g/mol. The summed E-state index contributed by atoms with van der Waals surface area (Å²) in [5.74, 6) is -1.51. The summed E-state index contributed by atoms with van der Waals surface area (Å²) < 4.78 is 30.0. The van der Waals surface area contributed by atoms with E-state index in [0.717, 1.165) is 5.57 Å². The van der Waals surface area contributed by atoms with E-state index in [1.165, 1.54) is 33.7 Å². The van der Waals surface area contributed by atoms with E-state index < -0.39 is 23.0 Å². The summed E-state index contributed by atoms with van der Waals surface area (Å²) >= 11 is 0. The first-order valence-corrected chi connectivity index (χ1v) is 10.3. The van der Waals surface area contributed by atoms with Crippen molar-refractivity contribution in [1.29, 1.82) is 0 Å². The first-order valence-electron chi connectivity index (χ1n) is 10.3. The third-order valence-electron chi connectivity index (χ3n) is 6.01. The molecular weight excluding hydrogens is 416 g/mol. The molecule has 32 heavy (non-hydrogen) atoms. The van der Waals surface area contributed by atoms with E-state index >= 15 is 0 Å². The number of H-pyrrole nitrogens is 1. The molecule has 0 spiro atoms. The number of fused-ring (bicyclic) bond motifs is 1. The Hall–Kier alpha value is -3.81. The van der Waals surface area contributed by atoms with Gasteiger partial charge in [0.1, 0.15) is 11.6 Å². The summed E-state index contributed by atoms with van der Waals surface area (Å²) in [6.45, 7) is 0.441. The zero-order valence-corrected chi connectivity index (χ0v) is 17.0. The lowest BCUT2D eigenvalue weighted by atomic mass is 10.00. The standard InChI is InChI=1S/C24H19F2N3O3/c25-19-6-3-4-15-12-28(13-18(15)19)23(31)17-10-14(8-9-20(17)26)11-29-21-7-2-1-5-16(21)22(30)27-24(29)32/h1-2,5-10H,3-4,11-13H2,(H,27,30,32). The highest BCUT2D eigenvalue weighted by molar-refractivity contribution is 5.95. The second-order valence-electron chi connectivity index (χ2n) is 8.01. The molecule has 8 heteroatoms. The predicted molar refractivity (Wildman–Crippen MR) is 116 cm³/mol. The molecular formula is C24H19F2N3O3. The van der Waals surface area contributed by atoms with Crippen LogP contribution in [0.5, 0.6) is 0 Å². The maximum absolute atomic E-state index is 14.6. The van der Waals surface area contributed by atoms with E-state index in [4.69, 9.17) is 0 Å². The van der Waals surface area contributed by atoms with Crippen LogP contribution in [0, 0.1) is 5.82 Å². The highest BCUT2D eigenvalue weighted by Crippen LogP contribution is 2.33. The van der Waals surface area contributed by atoms with E-state index in [9.17, 15) is 23.2 Å². The van der Waals surface area contributed by atoms with Gasteiger partial charge in [0.15, 0.2) is 0 Å². The number of nitrogens with one attached hydrogen (secondary N) is 1. The molecule has 2 aromatic carbocycles. The quantitative estimate of drug-likeness (QED) is 0.686. The largest absolute Gasteiger partial charge is 0.330 e. The molecule has 5 rings (SSSR count). The molecule has 1 amide bonds. The molecule has 2 aliphatic rings. The molecule has 0 atom stereocenters. The van der Waals surface area contributed by atoms with Crippen molar-refractivity contribution in [3.8, 4) is 0 Å². The fourth-order valence-electron chi connectivity index (χ4n) is 4.39. The van der Waals surface area contributed by atoms with E-state index in [2.05, 4.69) is 4.98 Å². The van der Waals surface area contributed by atoms with Gasteiger partial charge in [0.25, 0.3) is 11.5 Å². The third kappa shape index (κ3) is 3.37. The zero-order chi connectivity index (χ0) is 22.4. The number of para-hydroxylation sites is 1. The molecule has 1 aromatic heterocycles. The van der Waals surface area contributed by atoms with Gasteiger partial charge in [0, 0.05) is 18.7 Å². The lowest BCUT2D eigenvalue weighted by Gasteiger charge is -2.18. The minimum absolute atomic E-state index is 0.0444. The molecule has 1 aliphatic heterocycles. The molecule has 0 fully saturated rings. The van der Waals surface area contributed by atoms with Crippen LogP contribution in [-0.4, -0.2) is 33.4 Å². The van der Waals surface area contributed by atoms with Crippen LogP contribution in [0.15, 0.2) is 75.1 Å². The lowest BCUT2D eigenvalue weighted by Crippen LogP contribution is -2.31. The number of rotatable bonds is 3. The number of carbonyl (C=O) groups is 1. The Balaban J connectivity index is 1.47. The maximum Gasteiger partial charge on any atom is 0.329 e. The average Bonchev–Trinajstić information content (AvgIpc) is 3.23. The molecule has 3 aromatic rings. The Kier molecular flexibility index (Phi) is 4.84. The number of carbonyl (C=O) groups excluding carboxylic acids is 1. The van der Waals surface area contributed by atoms with Gasteiger partial charge in [-0.15, -0.1) is 0 Å². The first-order chi connectivity index (χ1) is 15.4. The normalized spacial score (nSPS) is 15.8. The van der Waals surface area contributed by atoms with Crippen molar-refractivity contribution in [1.82, 2.24) is 14.5 Å². The summed E-state index contributed by atoms with van der Waals surface area (Å²) in [4.78, 5) is 41.3. The van der Waals surface area contributed by atoms with Crippen LogP contribution in [0.4, 0.5) is 8.78 Å². The predicted octanol–water partition coefficient (Wildman–Crippen LogP) is 3.28. The van der Waals surface area contributed by atoms with Crippen LogP contribution in [0.3, 0.4) is 0 Å². The third-order valence-corrected chi connectivity index (χ3v) is 6.01. The van der Waals surface area contributed by atoms with Crippen molar-refractivity contribution in [3.63, 3.8) is 0 Å². The molecule has 1 N–H and O–H groups in total. The van der Waals surface area contributed by atoms with Crippen molar-refractivity contribution in [3.05, 3.63) is 103 Å². The SMILES string of the molecule is O=C(c1cc(Cn2c(=O)[nH]c(=O)c3ccccc32)ccc1F)N1CC2=C(C1)C(F)=CCC2. The van der Waals surface area contributed by atoms with Crippen LogP contribution in [-0.2, 0) is 6.54 Å². The van der Waals surface area contributed by atoms with Crippen LogP contribution in [0.25, 0.3) is 10.9 Å². The van der Waals surface area contributed by atoms with Crippen molar-refractivity contribution in [2.75, 3.05) is 13.1 Å². The van der Waals surface area contributed by atoms with Gasteiger partial charge in [-0.25, -0.2) is 13.6 Å². The summed E-state index contributed by atoms with van der Waals surface area (Å²) in [5.41, 5.74) is 1.16. The number of halogens is 2. The van der Waals surface area contributed by atoms with Gasteiger partial charge in [0.05, 0.1) is 23.0 Å². The molecule has 0 bridgehead atoms. The van der Waals surface area contributed by atoms with Crippen LogP contribution in [0.2, 0.25) is 0 Å². The van der Waals surface area contributed by atoms with Gasteiger partial charge >= 0.3 is 5.69 Å². The highest BCUT2D eigenvalue weighted by atomic mass is 19.1. The number of benzene rings is 2. The van der Waals surface area contributed by atoms with Crippen molar-refractivity contribution in [2.24, 2.45) is 0 Å². The van der Waals surface area contributed by atoms with E-state index in [1.807, 2.05) is 0 Å². The number of aromatic amines is 1. The van der Waals surface area contributed by atoms with E-state index in [0.29, 0.717) is 34.9 Å². The molecule has 0 saturated heterocycles. The molecule has 0 radical (unpaired) electrons. The summed E-state index contributed by atoms with van der Waals surface area (Å²) in [7, 11) is 0. The zero-order valence-electron chi connectivity index (χ0n) is 17.0. The van der Waals surface area contributed by atoms with Crippen molar-refractivity contribution >= 4 is 16.8 Å². The minimum atomic E-state index is -0.682. The number of hydrogen-bond acceptors (Lipinski definition) is 3.